The third-order valence-electron chi connectivity index (χ3n) is 4.92. The van der Waals surface area contributed by atoms with Crippen LogP contribution in [0.2, 0.25) is 0 Å². The number of aryl methyl sites for hydroxylation is 1. The molecule has 3 rings (SSSR count). The Balaban J connectivity index is 1.55. The maximum absolute atomic E-state index is 12.8. The van der Waals surface area contributed by atoms with Crippen LogP contribution in [0.3, 0.4) is 0 Å². The normalized spacial score (nSPS) is 27.2. The van der Waals surface area contributed by atoms with Gasteiger partial charge in [0.2, 0.25) is 5.91 Å². The number of aromatic nitrogens is 1. The van der Waals surface area contributed by atoms with Gasteiger partial charge in [-0.15, -0.1) is 11.3 Å². The van der Waals surface area contributed by atoms with Crippen LogP contribution in [0.1, 0.15) is 38.3 Å². The van der Waals surface area contributed by atoms with Gasteiger partial charge in [0.05, 0.1) is 5.69 Å². The summed E-state index contributed by atoms with van der Waals surface area (Å²) in [6.07, 6.45) is 3.75. The van der Waals surface area contributed by atoms with Crippen molar-refractivity contribution in [2.45, 2.75) is 51.6 Å². The lowest BCUT2D eigenvalue weighted by Crippen LogP contribution is -2.51. The zero-order valence-corrected chi connectivity index (χ0v) is 14.3. The van der Waals surface area contributed by atoms with Crippen molar-refractivity contribution in [1.29, 1.82) is 0 Å². The smallest absolute Gasteiger partial charge is 0.226 e. The number of carbonyl (C=O) groups excluding carboxylic acids is 1. The van der Waals surface area contributed by atoms with Crippen molar-refractivity contribution in [3.8, 4) is 0 Å². The number of likely N-dealkylation sites (tertiary alicyclic amines) is 1. The number of anilines is 1. The maximum atomic E-state index is 12.8. The Morgan fingerprint density at radius 3 is 2.64 bits per heavy atom. The Morgan fingerprint density at radius 2 is 2.05 bits per heavy atom. The number of thiazole rings is 1. The molecule has 22 heavy (non-hydrogen) atoms. The summed E-state index contributed by atoms with van der Waals surface area (Å²) < 4.78 is 0. The number of hydrogen-bond donors (Lipinski definition) is 1. The molecule has 2 atom stereocenters. The first kappa shape index (κ1) is 15.7. The minimum Gasteiger partial charge on any atom is -0.348 e. The van der Waals surface area contributed by atoms with Crippen LogP contribution in [0.25, 0.3) is 0 Å². The van der Waals surface area contributed by atoms with E-state index in [1.54, 1.807) is 11.3 Å². The Kier molecular flexibility index (Phi) is 4.68. The summed E-state index contributed by atoms with van der Waals surface area (Å²) in [6, 6.07) is 0.546. The summed E-state index contributed by atoms with van der Waals surface area (Å²) in [4.78, 5) is 21.7. The van der Waals surface area contributed by atoms with Gasteiger partial charge in [-0.3, -0.25) is 4.79 Å². The van der Waals surface area contributed by atoms with Crippen molar-refractivity contribution < 1.29 is 4.79 Å². The predicted octanol–water partition coefficient (Wildman–Crippen LogP) is 2.01. The predicted molar refractivity (Wildman–Crippen MR) is 90.2 cm³/mol. The number of piperidine rings is 2. The fourth-order valence-corrected chi connectivity index (χ4v) is 4.43. The number of hydrogen-bond acceptors (Lipinski definition) is 5. The maximum Gasteiger partial charge on any atom is 0.226 e. The zero-order valence-electron chi connectivity index (χ0n) is 13.5. The van der Waals surface area contributed by atoms with E-state index in [0.717, 1.165) is 56.1 Å². The van der Waals surface area contributed by atoms with E-state index in [-0.39, 0.29) is 18.0 Å². The highest BCUT2D eigenvalue weighted by Crippen LogP contribution is 2.28. The molecule has 2 aliphatic heterocycles. The van der Waals surface area contributed by atoms with Crippen molar-refractivity contribution in [2.75, 3.05) is 24.5 Å². The van der Waals surface area contributed by atoms with Crippen LogP contribution in [0.4, 0.5) is 5.13 Å². The molecule has 2 fully saturated rings. The summed E-state index contributed by atoms with van der Waals surface area (Å²) in [6.45, 7) is 6.85. The van der Waals surface area contributed by atoms with Crippen LogP contribution in [-0.2, 0) is 4.79 Å². The number of rotatable bonds is 2. The number of nitrogens with zero attached hydrogens (tertiary/aromatic N) is 3. The van der Waals surface area contributed by atoms with Gasteiger partial charge in [-0.1, -0.05) is 0 Å². The second-order valence-electron chi connectivity index (χ2n) is 6.70. The Hall–Kier alpha value is -1.14. The first-order valence-corrected chi connectivity index (χ1v) is 9.15. The Labute approximate surface area is 136 Å². The largest absolute Gasteiger partial charge is 0.348 e. The van der Waals surface area contributed by atoms with Gasteiger partial charge in [-0.25, -0.2) is 4.98 Å². The lowest BCUT2D eigenvalue weighted by Gasteiger charge is -2.40. The molecule has 2 N–H and O–H groups in total. The van der Waals surface area contributed by atoms with Gasteiger partial charge in [0.15, 0.2) is 5.13 Å². The first-order chi connectivity index (χ1) is 10.5. The van der Waals surface area contributed by atoms with E-state index in [4.69, 9.17) is 5.73 Å². The molecule has 6 heteroatoms. The fraction of sp³-hybridized carbons (Fsp3) is 0.750. The van der Waals surface area contributed by atoms with E-state index in [1.807, 2.05) is 6.92 Å². The average molecular weight is 322 g/mol. The van der Waals surface area contributed by atoms with E-state index in [0.29, 0.717) is 5.91 Å². The molecular formula is C16H26N4OS. The summed E-state index contributed by atoms with van der Waals surface area (Å²) in [7, 11) is 0. The molecule has 0 radical (unpaired) electrons. The van der Waals surface area contributed by atoms with Crippen molar-refractivity contribution in [1.82, 2.24) is 9.88 Å². The molecule has 2 saturated heterocycles. The number of nitrogens with two attached hydrogens (primary N) is 1. The highest BCUT2D eigenvalue weighted by atomic mass is 32.1. The molecule has 0 unspecified atom stereocenters. The van der Waals surface area contributed by atoms with E-state index in [1.165, 1.54) is 0 Å². The number of amides is 1. The standard InChI is InChI=1S/C16H26N4OS/c1-11-10-22-16(18-11)19-6-3-13(4-7-19)15(21)20-8-5-14(17)9-12(20)2/h10,12-14H,3-9,17H2,1-2H3/t12-,14-/m1/s1. The van der Waals surface area contributed by atoms with Crippen LogP contribution in [0, 0.1) is 12.8 Å². The van der Waals surface area contributed by atoms with E-state index >= 15 is 0 Å². The van der Waals surface area contributed by atoms with Crippen molar-refractivity contribution in [3.63, 3.8) is 0 Å². The lowest BCUT2D eigenvalue weighted by atomic mass is 9.92. The SMILES string of the molecule is Cc1csc(N2CCC(C(=O)N3CC[C@@H](N)C[C@H]3C)CC2)n1. The molecule has 1 aromatic heterocycles. The van der Waals surface area contributed by atoms with Gasteiger partial charge >= 0.3 is 0 Å². The summed E-state index contributed by atoms with van der Waals surface area (Å²) in [5.74, 6) is 0.517. The summed E-state index contributed by atoms with van der Waals surface area (Å²) in [5.41, 5.74) is 7.08. The highest BCUT2D eigenvalue weighted by molar-refractivity contribution is 7.13. The molecule has 5 nitrogen and oxygen atoms in total. The van der Waals surface area contributed by atoms with Gasteiger partial charge in [-0.2, -0.15) is 0 Å². The van der Waals surface area contributed by atoms with E-state index in [9.17, 15) is 4.79 Å². The van der Waals surface area contributed by atoms with Crippen molar-refractivity contribution in [2.24, 2.45) is 11.7 Å². The van der Waals surface area contributed by atoms with Crippen LogP contribution in [0.15, 0.2) is 5.38 Å². The molecule has 122 valence electrons. The molecule has 3 heterocycles. The number of carbonyl (C=O) groups is 1. The van der Waals surface area contributed by atoms with Gasteiger partial charge in [0.25, 0.3) is 0 Å². The van der Waals surface area contributed by atoms with Crippen LogP contribution in [0.5, 0.6) is 0 Å². The Morgan fingerprint density at radius 1 is 1.32 bits per heavy atom. The molecule has 2 aliphatic rings. The van der Waals surface area contributed by atoms with Crippen LogP contribution in [-0.4, -0.2) is 47.5 Å². The highest BCUT2D eigenvalue weighted by Gasteiger charge is 2.33. The second kappa shape index (κ2) is 6.54. The minimum absolute atomic E-state index is 0.175. The quantitative estimate of drug-likeness (QED) is 0.905. The topological polar surface area (TPSA) is 62.5 Å². The molecule has 0 aromatic carbocycles. The second-order valence-corrected chi connectivity index (χ2v) is 7.53. The molecule has 0 spiro atoms. The third kappa shape index (κ3) is 3.27. The fourth-order valence-electron chi connectivity index (χ4n) is 3.57. The van der Waals surface area contributed by atoms with Gasteiger partial charge in [0, 0.05) is 43.0 Å². The zero-order chi connectivity index (χ0) is 15.7. The average Bonchev–Trinajstić information content (AvgIpc) is 2.93. The van der Waals surface area contributed by atoms with E-state index < -0.39 is 0 Å². The lowest BCUT2D eigenvalue weighted by molar-refractivity contribution is -0.139. The van der Waals surface area contributed by atoms with Crippen molar-refractivity contribution >= 4 is 22.4 Å². The molecule has 0 aliphatic carbocycles. The third-order valence-corrected chi connectivity index (χ3v) is 5.94. The molecule has 0 bridgehead atoms. The molecule has 1 aromatic rings. The Bertz CT molecular complexity index is 524. The van der Waals surface area contributed by atoms with E-state index in [2.05, 4.69) is 27.1 Å². The van der Waals surface area contributed by atoms with Crippen LogP contribution < -0.4 is 10.6 Å². The monoisotopic (exact) mass is 322 g/mol. The van der Waals surface area contributed by atoms with Crippen LogP contribution >= 0.6 is 11.3 Å². The molecular weight excluding hydrogens is 296 g/mol. The first-order valence-electron chi connectivity index (χ1n) is 8.27. The summed E-state index contributed by atoms with van der Waals surface area (Å²) in [5, 5.41) is 3.19. The van der Waals surface area contributed by atoms with Crippen molar-refractivity contribution in [3.05, 3.63) is 11.1 Å². The summed E-state index contributed by atoms with van der Waals surface area (Å²) >= 11 is 1.70. The van der Waals surface area contributed by atoms with Gasteiger partial charge < -0.3 is 15.5 Å². The molecule has 0 saturated carbocycles. The molecule has 1 amide bonds. The van der Waals surface area contributed by atoms with Gasteiger partial charge in [0.1, 0.15) is 0 Å². The van der Waals surface area contributed by atoms with Gasteiger partial charge in [-0.05, 0) is 39.5 Å². The minimum atomic E-state index is 0.175.